The second kappa shape index (κ2) is 12.0. The largest absolute Gasteiger partial charge is 0.370 e. The monoisotopic (exact) mass is 533 g/mol. The van der Waals surface area contributed by atoms with E-state index in [2.05, 4.69) is 20.5 Å². The number of nitrogens with one attached hydrogen (secondary N) is 2. The van der Waals surface area contributed by atoms with Crippen LogP contribution in [0.25, 0.3) is 11.3 Å². The third-order valence-corrected chi connectivity index (χ3v) is 7.71. The first-order valence-electron chi connectivity index (χ1n) is 12.5. The van der Waals surface area contributed by atoms with E-state index in [0.717, 1.165) is 61.9 Å². The van der Waals surface area contributed by atoms with E-state index in [-0.39, 0.29) is 36.2 Å². The van der Waals surface area contributed by atoms with Gasteiger partial charge in [-0.05, 0) is 55.9 Å². The average molecular weight is 534 g/mol. The zero-order valence-electron chi connectivity index (χ0n) is 20.2. The summed E-state index contributed by atoms with van der Waals surface area (Å²) in [6.07, 6.45) is 6.71. The molecule has 0 spiro atoms. The maximum absolute atomic E-state index is 12.8. The molecule has 1 saturated heterocycles. The van der Waals surface area contributed by atoms with Gasteiger partial charge in [0.25, 0.3) is 0 Å². The first kappa shape index (κ1) is 26.3. The number of aliphatic imine (C=N–C) groups is 1. The standard InChI is InChI=1S/C25H33Cl2N7O2/c26-17-6-7-18(19(27)12-17)21-13-20(32-33-21)15-8-10-34(11-9-15)22(35)14-30-24(36)23(31-25(28)29)16-4-2-1-3-5-16/h6-7,12-13,15-16,23H,1-5,8-11,14H2,(H,30,36)(H,32,33)(H4,28,29,31). The molecule has 0 radical (unpaired) electrons. The number of hydrogen-bond acceptors (Lipinski definition) is 4. The lowest BCUT2D eigenvalue weighted by Crippen LogP contribution is -2.47. The zero-order valence-corrected chi connectivity index (χ0v) is 21.7. The summed E-state index contributed by atoms with van der Waals surface area (Å²) in [6.45, 7) is 1.15. The Balaban J connectivity index is 1.28. The molecule has 1 aliphatic carbocycles. The van der Waals surface area contributed by atoms with Crippen molar-refractivity contribution in [3.8, 4) is 11.3 Å². The van der Waals surface area contributed by atoms with Crippen LogP contribution in [0.2, 0.25) is 10.0 Å². The molecule has 1 saturated carbocycles. The number of nitrogens with zero attached hydrogens (tertiary/aromatic N) is 3. The van der Waals surface area contributed by atoms with E-state index in [9.17, 15) is 9.59 Å². The first-order valence-corrected chi connectivity index (χ1v) is 13.2. The summed E-state index contributed by atoms with van der Waals surface area (Å²) in [5.74, 6) is -0.131. The van der Waals surface area contributed by atoms with Gasteiger partial charge in [-0.1, -0.05) is 42.5 Å². The van der Waals surface area contributed by atoms with Crippen molar-refractivity contribution in [3.05, 3.63) is 40.0 Å². The molecular weight excluding hydrogens is 501 g/mol. The van der Waals surface area contributed by atoms with Gasteiger partial charge < -0.3 is 21.7 Å². The number of halogens is 2. The van der Waals surface area contributed by atoms with Crippen molar-refractivity contribution < 1.29 is 9.59 Å². The minimum Gasteiger partial charge on any atom is -0.370 e. The number of aromatic amines is 1. The Morgan fingerprint density at radius 2 is 1.83 bits per heavy atom. The number of H-pyrrole nitrogens is 1. The van der Waals surface area contributed by atoms with Crippen LogP contribution in [0.5, 0.6) is 0 Å². The van der Waals surface area contributed by atoms with Gasteiger partial charge in [-0.25, -0.2) is 4.99 Å². The summed E-state index contributed by atoms with van der Waals surface area (Å²) in [5.41, 5.74) is 13.7. The Labute approximate surface area is 221 Å². The average Bonchev–Trinajstić information content (AvgIpc) is 3.36. The van der Waals surface area contributed by atoms with Crippen molar-refractivity contribution in [1.29, 1.82) is 0 Å². The zero-order chi connectivity index (χ0) is 25.7. The summed E-state index contributed by atoms with van der Waals surface area (Å²) in [6, 6.07) is 6.70. The number of carbonyl (C=O) groups excluding carboxylic acids is 2. The van der Waals surface area contributed by atoms with Crippen molar-refractivity contribution in [2.75, 3.05) is 19.6 Å². The molecule has 1 aromatic carbocycles. The van der Waals surface area contributed by atoms with Gasteiger partial charge in [-0.15, -0.1) is 0 Å². The third kappa shape index (κ3) is 6.50. The summed E-state index contributed by atoms with van der Waals surface area (Å²) in [4.78, 5) is 31.6. The molecule has 2 aliphatic rings. The molecule has 1 atom stereocenters. The SMILES string of the molecule is NC(N)=NC(C(=O)NCC(=O)N1CCC(c2cc(-c3ccc(Cl)cc3Cl)n[nH]2)CC1)C1CCCCC1. The number of amides is 2. The first-order chi connectivity index (χ1) is 17.3. The van der Waals surface area contributed by atoms with Gasteiger partial charge >= 0.3 is 0 Å². The Morgan fingerprint density at radius 1 is 1.11 bits per heavy atom. The maximum atomic E-state index is 12.8. The number of carbonyl (C=O) groups is 2. The van der Waals surface area contributed by atoms with Gasteiger partial charge in [-0.2, -0.15) is 5.10 Å². The second-order valence-electron chi connectivity index (χ2n) is 9.60. The van der Waals surface area contributed by atoms with E-state index in [4.69, 9.17) is 34.7 Å². The Bertz CT molecular complexity index is 1100. The van der Waals surface area contributed by atoms with E-state index >= 15 is 0 Å². The predicted molar refractivity (Wildman–Crippen MR) is 142 cm³/mol. The van der Waals surface area contributed by atoms with Gasteiger partial charge in [0.15, 0.2) is 5.96 Å². The van der Waals surface area contributed by atoms with Crippen LogP contribution in [-0.4, -0.2) is 58.5 Å². The number of likely N-dealkylation sites (tertiary alicyclic amines) is 1. The fourth-order valence-corrected chi connectivity index (χ4v) is 5.69. The van der Waals surface area contributed by atoms with E-state index in [0.29, 0.717) is 23.1 Å². The quantitative estimate of drug-likeness (QED) is 0.318. The molecule has 0 bridgehead atoms. The molecule has 1 aliphatic heterocycles. The van der Waals surface area contributed by atoms with E-state index in [1.165, 1.54) is 0 Å². The van der Waals surface area contributed by atoms with Crippen molar-refractivity contribution in [2.45, 2.75) is 56.9 Å². The summed E-state index contributed by atoms with van der Waals surface area (Å²) in [5, 5.41) is 11.4. The fourth-order valence-electron chi connectivity index (χ4n) is 5.19. The molecule has 9 nitrogen and oxygen atoms in total. The number of piperidine rings is 1. The minimum absolute atomic E-state index is 0.0595. The Kier molecular flexibility index (Phi) is 8.74. The maximum Gasteiger partial charge on any atom is 0.245 e. The molecule has 2 aromatic rings. The van der Waals surface area contributed by atoms with E-state index < -0.39 is 6.04 Å². The minimum atomic E-state index is -0.641. The molecule has 11 heteroatoms. The number of guanidine groups is 1. The summed E-state index contributed by atoms with van der Waals surface area (Å²) < 4.78 is 0. The summed E-state index contributed by atoms with van der Waals surface area (Å²) in [7, 11) is 0. The van der Waals surface area contributed by atoms with Crippen LogP contribution in [0.4, 0.5) is 0 Å². The fraction of sp³-hybridized carbons (Fsp3) is 0.520. The highest BCUT2D eigenvalue weighted by Crippen LogP contribution is 2.33. The highest BCUT2D eigenvalue weighted by molar-refractivity contribution is 6.36. The van der Waals surface area contributed by atoms with Crippen molar-refractivity contribution >= 4 is 41.0 Å². The van der Waals surface area contributed by atoms with Crippen LogP contribution in [0.15, 0.2) is 29.3 Å². The molecule has 194 valence electrons. The molecule has 1 aromatic heterocycles. The Morgan fingerprint density at radius 3 is 2.50 bits per heavy atom. The number of hydrogen-bond donors (Lipinski definition) is 4. The molecule has 2 amide bonds. The lowest BCUT2D eigenvalue weighted by atomic mass is 9.83. The van der Waals surface area contributed by atoms with Gasteiger partial charge in [0.05, 0.1) is 17.3 Å². The van der Waals surface area contributed by atoms with Gasteiger partial charge in [0, 0.05) is 35.3 Å². The van der Waals surface area contributed by atoms with Gasteiger partial charge in [0.1, 0.15) is 6.04 Å². The van der Waals surface area contributed by atoms with Crippen molar-refractivity contribution in [2.24, 2.45) is 22.4 Å². The van der Waals surface area contributed by atoms with Crippen molar-refractivity contribution in [3.63, 3.8) is 0 Å². The molecular formula is C25H33Cl2N7O2. The number of rotatable bonds is 7. The molecule has 4 rings (SSSR count). The van der Waals surface area contributed by atoms with Crippen LogP contribution in [-0.2, 0) is 9.59 Å². The number of nitrogens with two attached hydrogens (primary N) is 2. The lowest BCUT2D eigenvalue weighted by molar-refractivity contribution is -0.134. The van der Waals surface area contributed by atoms with E-state index in [1.807, 2.05) is 12.1 Å². The van der Waals surface area contributed by atoms with Crippen LogP contribution < -0.4 is 16.8 Å². The normalized spacial score (nSPS) is 18.0. The molecule has 2 fully saturated rings. The predicted octanol–water partition coefficient (Wildman–Crippen LogP) is 3.43. The number of aromatic nitrogens is 2. The highest BCUT2D eigenvalue weighted by Gasteiger charge is 2.31. The molecule has 1 unspecified atom stereocenters. The molecule has 2 heterocycles. The lowest BCUT2D eigenvalue weighted by Gasteiger charge is -2.32. The second-order valence-corrected chi connectivity index (χ2v) is 10.4. The number of benzene rings is 1. The summed E-state index contributed by atoms with van der Waals surface area (Å²) >= 11 is 12.3. The smallest absolute Gasteiger partial charge is 0.245 e. The van der Waals surface area contributed by atoms with E-state index in [1.54, 1.807) is 17.0 Å². The topological polar surface area (TPSA) is 142 Å². The van der Waals surface area contributed by atoms with Crippen molar-refractivity contribution in [1.82, 2.24) is 20.4 Å². The van der Waals surface area contributed by atoms with Crippen LogP contribution in [0, 0.1) is 5.92 Å². The van der Waals surface area contributed by atoms with Crippen LogP contribution in [0.1, 0.15) is 56.6 Å². The highest BCUT2D eigenvalue weighted by atomic mass is 35.5. The molecule has 6 N–H and O–H groups in total. The van der Waals surface area contributed by atoms with Gasteiger partial charge in [0.2, 0.25) is 11.8 Å². The van der Waals surface area contributed by atoms with Crippen LogP contribution >= 0.6 is 23.2 Å². The van der Waals surface area contributed by atoms with Crippen LogP contribution in [0.3, 0.4) is 0 Å². The van der Waals surface area contributed by atoms with Gasteiger partial charge in [-0.3, -0.25) is 14.7 Å². The third-order valence-electron chi connectivity index (χ3n) is 7.16. The molecule has 36 heavy (non-hydrogen) atoms. The Hall–Kier alpha value is -2.78.